The largest absolute Gasteiger partial charge is 0.480 e. The molecule has 0 aliphatic heterocycles. The molecule has 7 nitrogen and oxygen atoms in total. The molecule has 132 valence electrons. The number of hydrogen-bond donors (Lipinski definition) is 3. The molecule has 0 saturated carbocycles. The second-order valence-corrected chi connectivity index (χ2v) is 6.32. The van der Waals surface area contributed by atoms with E-state index in [0.717, 1.165) is 10.0 Å². The van der Waals surface area contributed by atoms with Gasteiger partial charge in [0.05, 0.1) is 11.4 Å². The smallest absolute Gasteiger partial charge is 0.322 e. The van der Waals surface area contributed by atoms with E-state index in [4.69, 9.17) is 5.11 Å². The summed E-state index contributed by atoms with van der Waals surface area (Å²) in [6, 6.07) is 15.2. The van der Waals surface area contributed by atoms with Crippen LogP contribution in [0, 0.1) is 0 Å². The van der Waals surface area contributed by atoms with Crippen molar-refractivity contribution < 1.29 is 9.90 Å². The van der Waals surface area contributed by atoms with Crippen LogP contribution < -0.4 is 10.6 Å². The van der Waals surface area contributed by atoms with E-state index in [0.29, 0.717) is 23.8 Å². The summed E-state index contributed by atoms with van der Waals surface area (Å²) in [6.45, 7) is 0.299. The number of aromatic nitrogens is 3. The number of pyridine rings is 1. The first-order valence-corrected chi connectivity index (χ1v) is 8.64. The summed E-state index contributed by atoms with van der Waals surface area (Å²) in [5.74, 6) is -0.179. The van der Waals surface area contributed by atoms with Gasteiger partial charge >= 0.3 is 5.97 Å². The fourth-order valence-corrected chi connectivity index (χ4v) is 2.70. The summed E-state index contributed by atoms with van der Waals surface area (Å²) < 4.78 is 0.998. The molecule has 0 aliphatic rings. The van der Waals surface area contributed by atoms with Gasteiger partial charge in [-0.2, -0.15) is 4.98 Å². The summed E-state index contributed by atoms with van der Waals surface area (Å²) in [4.78, 5) is 23.8. The van der Waals surface area contributed by atoms with Crippen molar-refractivity contribution in [3.05, 3.63) is 64.8 Å². The number of anilines is 2. The molecule has 3 rings (SSSR count). The number of carboxylic acid groups (broad SMARTS) is 1. The van der Waals surface area contributed by atoms with E-state index in [-0.39, 0.29) is 12.5 Å². The quantitative estimate of drug-likeness (QED) is 0.545. The molecule has 0 saturated heterocycles. The second kappa shape index (κ2) is 8.39. The van der Waals surface area contributed by atoms with Crippen molar-refractivity contribution in [2.24, 2.45) is 0 Å². The van der Waals surface area contributed by atoms with Crippen molar-refractivity contribution in [3.8, 4) is 11.4 Å². The summed E-state index contributed by atoms with van der Waals surface area (Å²) in [7, 11) is 0. The third kappa shape index (κ3) is 5.00. The summed E-state index contributed by atoms with van der Waals surface area (Å²) in [6.07, 6.45) is 1.68. The van der Waals surface area contributed by atoms with Crippen LogP contribution in [-0.4, -0.2) is 32.6 Å². The topological polar surface area (TPSA) is 100 Å². The molecule has 0 amide bonds. The number of nitrogens with zero attached hydrogens (tertiary/aromatic N) is 3. The van der Waals surface area contributed by atoms with Gasteiger partial charge in [0.25, 0.3) is 0 Å². The number of rotatable bonds is 7. The van der Waals surface area contributed by atoms with Crippen molar-refractivity contribution in [2.45, 2.75) is 6.54 Å². The average molecular weight is 414 g/mol. The van der Waals surface area contributed by atoms with E-state index >= 15 is 0 Å². The molecule has 26 heavy (non-hydrogen) atoms. The highest BCUT2D eigenvalue weighted by molar-refractivity contribution is 9.10. The Morgan fingerprint density at radius 3 is 2.65 bits per heavy atom. The van der Waals surface area contributed by atoms with Crippen molar-refractivity contribution in [1.29, 1.82) is 0 Å². The SMILES string of the molecule is O=C(O)CNc1nc(NCc2cccc(Br)c2)cc(-c2ccccn2)n1. The Kier molecular flexibility index (Phi) is 5.75. The Morgan fingerprint density at radius 1 is 1.04 bits per heavy atom. The number of carboxylic acids is 1. The number of aliphatic carboxylic acids is 1. The highest BCUT2D eigenvalue weighted by Crippen LogP contribution is 2.20. The minimum absolute atomic E-state index is 0.229. The fraction of sp³-hybridized carbons (Fsp3) is 0.111. The average Bonchev–Trinajstić information content (AvgIpc) is 2.65. The van der Waals surface area contributed by atoms with Gasteiger partial charge in [-0.3, -0.25) is 9.78 Å². The van der Waals surface area contributed by atoms with Crippen molar-refractivity contribution in [1.82, 2.24) is 15.0 Å². The number of nitrogens with one attached hydrogen (secondary N) is 2. The molecule has 2 heterocycles. The van der Waals surface area contributed by atoms with Crippen LogP contribution in [0.3, 0.4) is 0 Å². The van der Waals surface area contributed by atoms with E-state index < -0.39 is 5.97 Å². The zero-order valence-corrected chi connectivity index (χ0v) is 15.3. The van der Waals surface area contributed by atoms with E-state index in [1.807, 2.05) is 42.5 Å². The van der Waals surface area contributed by atoms with Gasteiger partial charge in [0, 0.05) is 23.3 Å². The third-order valence-corrected chi connectivity index (χ3v) is 3.91. The van der Waals surface area contributed by atoms with Gasteiger partial charge in [0.2, 0.25) is 5.95 Å². The molecule has 0 bridgehead atoms. The minimum atomic E-state index is -0.986. The first kappa shape index (κ1) is 17.8. The molecule has 0 unspecified atom stereocenters. The molecule has 0 radical (unpaired) electrons. The number of carbonyl (C=O) groups is 1. The highest BCUT2D eigenvalue weighted by Gasteiger charge is 2.09. The molecule has 0 spiro atoms. The molecular weight excluding hydrogens is 398 g/mol. The molecule has 2 aromatic heterocycles. The number of halogens is 1. The standard InChI is InChI=1S/C18H16BrN5O2/c19-13-5-3-4-12(8-13)10-21-16-9-15(14-6-1-2-7-20-14)23-18(24-16)22-11-17(25)26/h1-9H,10-11H2,(H,25,26)(H2,21,22,23,24). The van der Waals surface area contributed by atoms with Crippen LogP contribution in [0.25, 0.3) is 11.4 Å². The highest BCUT2D eigenvalue weighted by atomic mass is 79.9. The lowest BCUT2D eigenvalue weighted by Gasteiger charge is -2.11. The Hall–Kier alpha value is -3.00. The Bertz CT molecular complexity index is 905. The molecular formula is C18H16BrN5O2. The molecule has 0 aliphatic carbocycles. The Labute approximate surface area is 158 Å². The minimum Gasteiger partial charge on any atom is -0.480 e. The maximum atomic E-state index is 10.8. The van der Waals surface area contributed by atoms with Gasteiger partial charge < -0.3 is 15.7 Å². The van der Waals surface area contributed by atoms with Crippen LogP contribution in [0.2, 0.25) is 0 Å². The maximum Gasteiger partial charge on any atom is 0.322 e. The molecule has 0 atom stereocenters. The zero-order valence-electron chi connectivity index (χ0n) is 13.7. The second-order valence-electron chi connectivity index (χ2n) is 5.41. The number of hydrogen-bond acceptors (Lipinski definition) is 6. The first-order valence-electron chi connectivity index (χ1n) is 7.84. The van der Waals surface area contributed by atoms with Crippen molar-refractivity contribution in [3.63, 3.8) is 0 Å². The summed E-state index contributed by atoms with van der Waals surface area (Å²) >= 11 is 3.45. The van der Waals surface area contributed by atoms with Crippen LogP contribution in [0.15, 0.2) is 59.2 Å². The summed E-state index contributed by atoms with van der Waals surface area (Å²) in [5, 5.41) is 14.8. The van der Waals surface area contributed by atoms with Gasteiger partial charge in [0.1, 0.15) is 12.4 Å². The van der Waals surface area contributed by atoms with E-state index in [2.05, 4.69) is 41.5 Å². The van der Waals surface area contributed by atoms with Crippen molar-refractivity contribution in [2.75, 3.05) is 17.2 Å². The van der Waals surface area contributed by atoms with E-state index in [1.54, 1.807) is 12.3 Å². The van der Waals surface area contributed by atoms with Crippen molar-refractivity contribution >= 4 is 33.7 Å². The normalized spacial score (nSPS) is 10.3. The monoisotopic (exact) mass is 413 g/mol. The van der Waals surface area contributed by atoms with Gasteiger partial charge in [-0.05, 0) is 29.8 Å². The first-order chi connectivity index (χ1) is 12.6. The van der Waals surface area contributed by atoms with Crippen LogP contribution in [0.4, 0.5) is 11.8 Å². The lowest BCUT2D eigenvalue weighted by molar-refractivity contribution is -0.134. The predicted molar refractivity (Wildman–Crippen MR) is 103 cm³/mol. The summed E-state index contributed by atoms with van der Waals surface area (Å²) in [5.41, 5.74) is 2.36. The van der Waals surface area contributed by atoms with Crippen LogP contribution >= 0.6 is 15.9 Å². The molecule has 3 aromatic rings. The lowest BCUT2D eigenvalue weighted by atomic mass is 10.2. The van der Waals surface area contributed by atoms with Crippen LogP contribution in [0.1, 0.15) is 5.56 Å². The number of benzene rings is 1. The zero-order chi connectivity index (χ0) is 18.4. The Balaban J connectivity index is 1.85. The fourth-order valence-electron chi connectivity index (χ4n) is 2.26. The Morgan fingerprint density at radius 2 is 1.92 bits per heavy atom. The van der Waals surface area contributed by atoms with Gasteiger partial charge in [-0.1, -0.05) is 34.1 Å². The van der Waals surface area contributed by atoms with E-state index in [9.17, 15) is 4.79 Å². The van der Waals surface area contributed by atoms with Crippen LogP contribution in [0.5, 0.6) is 0 Å². The molecule has 1 aromatic carbocycles. The van der Waals surface area contributed by atoms with Gasteiger partial charge in [-0.25, -0.2) is 4.98 Å². The van der Waals surface area contributed by atoms with Crippen LogP contribution in [-0.2, 0) is 11.3 Å². The molecule has 8 heteroatoms. The molecule has 3 N–H and O–H groups in total. The van der Waals surface area contributed by atoms with E-state index in [1.165, 1.54) is 0 Å². The molecule has 0 fully saturated rings. The lowest BCUT2D eigenvalue weighted by Crippen LogP contribution is -2.15. The third-order valence-electron chi connectivity index (χ3n) is 3.41. The van der Waals surface area contributed by atoms with Gasteiger partial charge in [0.15, 0.2) is 0 Å². The van der Waals surface area contributed by atoms with Gasteiger partial charge in [-0.15, -0.1) is 0 Å². The predicted octanol–water partition coefficient (Wildman–Crippen LogP) is 3.41. The maximum absolute atomic E-state index is 10.8.